The van der Waals surface area contributed by atoms with Gasteiger partial charge in [-0.1, -0.05) is 0 Å². The monoisotopic (exact) mass is 329 g/mol. The number of pyridine rings is 1. The maximum Gasteiger partial charge on any atom is 0.255 e. The third-order valence-corrected chi connectivity index (χ3v) is 4.26. The molecule has 2 N–H and O–H groups in total. The van der Waals surface area contributed by atoms with Gasteiger partial charge in [0.25, 0.3) is 5.91 Å². The third-order valence-electron chi connectivity index (χ3n) is 4.26. The maximum atomic E-state index is 12.7. The highest BCUT2D eigenvalue weighted by Crippen LogP contribution is 2.24. The van der Waals surface area contributed by atoms with Gasteiger partial charge in [0.1, 0.15) is 0 Å². The first-order valence-corrected chi connectivity index (χ1v) is 7.74. The van der Waals surface area contributed by atoms with E-state index in [-0.39, 0.29) is 30.7 Å². The molecule has 0 aliphatic carbocycles. The minimum absolute atomic E-state index is 0.142. The number of aliphatic hydroxyl groups excluding tert-OH is 1. The van der Waals surface area contributed by atoms with E-state index in [4.69, 9.17) is 4.42 Å². The van der Waals surface area contributed by atoms with Crippen molar-refractivity contribution in [3.8, 4) is 11.1 Å². The van der Waals surface area contributed by atoms with Crippen molar-refractivity contribution in [2.75, 3.05) is 20.1 Å². The maximum absolute atomic E-state index is 12.7. The summed E-state index contributed by atoms with van der Waals surface area (Å²) in [7, 11) is 1.56. The SMILES string of the molecule is CNC(=O)C[C@@H]1CN(C(=O)c2cncc(-c3ccoc3)c2)C[C@H]1O. The van der Waals surface area contributed by atoms with E-state index in [0.29, 0.717) is 12.1 Å². The second-order valence-electron chi connectivity index (χ2n) is 5.89. The van der Waals surface area contributed by atoms with Crippen molar-refractivity contribution >= 4 is 11.8 Å². The van der Waals surface area contributed by atoms with Crippen LogP contribution < -0.4 is 5.32 Å². The number of hydrogen-bond acceptors (Lipinski definition) is 5. The number of furan rings is 1. The summed E-state index contributed by atoms with van der Waals surface area (Å²) in [6.07, 6.45) is 5.82. The lowest BCUT2D eigenvalue weighted by molar-refractivity contribution is -0.122. The summed E-state index contributed by atoms with van der Waals surface area (Å²) >= 11 is 0. The Hall–Kier alpha value is -2.67. The second kappa shape index (κ2) is 6.84. The lowest BCUT2D eigenvalue weighted by Crippen LogP contribution is -2.30. The zero-order valence-corrected chi connectivity index (χ0v) is 13.3. The standard InChI is InChI=1S/C17H19N3O4/c1-18-16(22)5-14-8-20(9-15(14)21)17(23)13-4-12(6-19-7-13)11-2-3-24-10-11/h2-4,6-7,10,14-15,21H,5,8-9H2,1H3,(H,18,22)/t14-,15-/m1/s1. The van der Waals surface area contributed by atoms with Crippen molar-refractivity contribution in [1.82, 2.24) is 15.2 Å². The highest BCUT2D eigenvalue weighted by atomic mass is 16.3. The second-order valence-corrected chi connectivity index (χ2v) is 5.89. The van der Waals surface area contributed by atoms with Crippen LogP contribution in [0.15, 0.2) is 41.5 Å². The Kier molecular flexibility index (Phi) is 4.61. The highest BCUT2D eigenvalue weighted by molar-refractivity contribution is 5.95. The molecular weight excluding hydrogens is 310 g/mol. The largest absolute Gasteiger partial charge is 0.472 e. The Balaban J connectivity index is 1.73. The number of nitrogens with zero attached hydrogens (tertiary/aromatic N) is 2. The molecule has 3 rings (SSSR count). The summed E-state index contributed by atoms with van der Waals surface area (Å²) in [4.78, 5) is 29.8. The Morgan fingerprint density at radius 3 is 2.92 bits per heavy atom. The molecule has 1 aliphatic rings. The molecule has 1 aliphatic heterocycles. The van der Waals surface area contributed by atoms with E-state index in [1.807, 2.05) is 0 Å². The molecule has 24 heavy (non-hydrogen) atoms. The van der Waals surface area contributed by atoms with E-state index in [1.165, 1.54) is 6.20 Å². The minimum Gasteiger partial charge on any atom is -0.472 e. The van der Waals surface area contributed by atoms with Crippen molar-refractivity contribution < 1.29 is 19.1 Å². The molecule has 0 saturated carbocycles. The molecule has 1 saturated heterocycles. The Morgan fingerprint density at radius 2 is 2.21 bits per heavy atom. The first kappa shape index (κ1) is 16.2. The van der Waals surface area contributed by atoms with Crippen LogP contribution in [0, 0.1) is 5.92 Å². The molecule has 7 nitrogen and oxygen atoms in total. The molecule has 0 radical (unpaired) electrons. The Morgan fingerprint density at radius 1 is 1.38 bits per heavy atom. The van der Waals surface area contributed by atoms with E-state index >= 15 is 0 Å². The van der Waals surface area contributed by atoms with E-state index < -0.39 is 6.10 Å². The predicted octanol–water partition coefficient (Wildman–Crippen LogP) is 0.911. The van der Waals surface area contributed by atoms with Gasteiger partial charge in [-0.05, 0) is 12.1 Å². The first-order chi connectivity index (χ1) is 11.6. The van der Waals surface area contributed by atoms with Gasteiger partial charge in [-0.3, -0.25) is 14.6 Å². The molecule has 126 valence electrons. The van der Waals surface area contributed by atoms with Crippen LogP contribution in [0.2, 0.25) is 0 Å². The van der Waals surface area contributed by atoms with Crippen LogP contribution in [0.1, 0.15) is 16.8 Å². The number of β-amino-alcohol motifs (C(OH)–C–C–N with tert-alkyl or cyclic N) is 1. The van der Waals surface area contributed by atoms with Gasteiger partial charge >= 0.3 is 0 Å². The van der Waals surface area contributed by atoms with Crippen LogP contribution in [-0.4, -0.2) is 53.0 Å². The number of likely N-dealkylation sites (tertiary alicyclic amines) is 1. The molecule has 1 fully saturated rings. The Bertz CT molecular complexity index is 729. The molecule has 2 amide bonds. The minimum atomic E-state index is -0.698. The number of aromatic nitrogens is 1. The fourth-order valence-corrected chi connectivity index (χ4v) is 2.89. The number of aliphatic hydroxyl groups is 1. The van der Waals surface area contributed by atoms with Crippen molar-refractivity contribution in [1.29, 1.82) is 0 Å². The zero-order valence-electron chi connectivity index (χ0n) is 13.3. The van der Waals surface area contributed by atoms with E-state index in [0.717, 1.165) is 11.1 Å². The third kappa shape index (κ3) is 3.30. The van der Waals surface area contributed by atoms with Crippen LogP contribution in [0.4, 0.5) is 0 Å². The van der Waals surface area contributed by atoms with Crippen LogP contribution in [0.5, 0.6) is 0 Å². The van der Waals surface area contributed by atoms with Crippen LogP contribution in [0.25, 0.3) is 11.1 Å². The van der Waals surface area contributed by atoms with Crippen LogP contribution in [0.3, 0.4) is 0 Å². The summed E-state index contributed by atoms with van der Waals surface area (Å²) in [6.45, 7) is 0.569. The van der Waals surface area contributed by atoms with Gasteiger partial charge in [-0.2, -0.15) is 0 Å². The van der Waals surface area contributed by atoms with Gasteiger partial charge < -0.3 is 19.7 Å². The predicted molar refractivity (Wildman–Crippen MR) is 86.0 cm³/mol. The average Bonchev–Trinajstić information content (AvgIpc) is 3.25. The molecule has 0 aromatic carbocycles. The van der Waals surface area contributed by atoms with Gasteiger partial charge in [0.15, 0.2) is 0 Å². The van der Waals surface area contributed by atoms with Gasteiger partial charge in [-0.15, -0.1) is 0 Å². The molecule has 0 bridgehead atoms. The molecule has 3 heterocycles. The van der Waals surface area contributed by atoms with Gasteiger partial charge in [0.2, 0.25) is 5.91 Å². The summed E-state index contributed by atoms with van der Waals surface area (Å²) in [5.41, 5.74) is 2.08. The van der Waals surface area contributed by atoms with Crippen molar-refractivity contribution in [3.05, 3.63) is 42.6 Å². The van der Waals surface area contributed by atoms with Crippen LogP contribution in [-0.2, 0) is 4.79 Å². The number of amides is 2. The number of hydrogen-bond donors (Lipinski definition) is 2. The lowest BCUT2D eigenvalue weighted by atomic mass is 10.0. The number of carbonyl (C=O) groups excluding carboxylic acids is 2. The van der Waals surface area contributed by atoms with Crippen LogP contribution >= 0.6 is 0 Å². The smallest absolute Gasteiger partial charge is 0.255 e. The molecular formula is C17H19N3O4. The van der Waals surface area contributed by atoms with Crippen molar-refractivity contribution in [2.24, 2.45) is 5.92 Å². The zero-order chi connectivity index (χ0) is 17.1. The normalized spacial score (nSPS) is 20.2. The molecule has 2 atom stereocenters. The van der Waals surface area contributed by atoms with Gasteiger partial charge in [0.05, 0.1) is 24.2 Å². The highest BCUT2D eigenvalue weighted by Gasteiger charge is 2.35. The van der Waals surface area contributed by atoms with Gasteiger partial charge in [-0.25, -0.2) is 0 Å². The quantitative estimate of drug-likeness (QED) is 0.869. The summed E-state index contributed by atoms with van der Waals surface area (Å²) < 4.78 is 5.05. The summed E-state index contributed by atoms with van der Waals surface area (Å²) in [6, 6.07) is 3.54. The van der Waals surface area contributed by atoms with Gasteiger partial charge in [0, 0.05) is 56.0 Å². The van der Waals surface area contributed by atoms with E-state index in [2.05, 4.69) is 10.3 Å². The number of carbonyl (C=O) groups is 2. The van der Waals surface area contributed by atoms with E-state index in [9.17, 15) is 14.7 Å². The molecule has 2 aromatic heterocycles. The number of nitrogens with one attached hydrogen (secondary N) is 1. The lowest BCUT2D eigenvalue weighted by Gasteiger charge is -2.16. The summed E-state index contributed by atoms with van der Waals surface area (Å²) in [5.74, 6) is -0.595. The molecule has 0 unspecified atom stereocenters. The molecule has 0 spiro atoms. The number of rotatable bonds is 4. The molecule has 7 heteroatoms. The van der Waals surface area contributed by atoms with Crippen molar-refractivity contribution in [2.45, 2.75) is 12.5 Å². The topological polar surface area (TPSA) is 95.7 Å². The first-order valence-electron chi connectivity index (χ1n) is 7.74. The average molecular weight is 329 g/mol. The Labute approximate surface area is 139 Å². The molecule has 2 aromatic rings. The van der Waals surface area contributed by atoms with Crippen molar-refractivity contribution in [3.63, 3.8) is 0 Å². The fraction of sp³-hybridized carbons (Fsp3) is 0.353. The summed E-state index contributed by atoms with van der Waals surface area (Å²) in [5, 5.41) is 12.6. The fourth-order valence-electron chi connectivity index (χ4n) is 2.89. The van der Waals surface area contributed by atoms with E-state index in [1.54, 1.807) is 42.8 Å².